The average Bonchev–Trinajstić information content (AvgIpc) is 3.11. The molecule has 0 radical (unpaired) electrons. The lowest BCUT2D eigenvalue weighted by atomic mass is 9.65. The van der Waals surface area contributed by atoms with Crippen LogP contribution in [0.3, 0.4) is 0 Å². The van der Waals surface area contributed by atoms with E-state index in [0.29, 0.717) is 11.5 Å². The highest BCUT2D eigenvalue weighted by atomic mass is 32.2. The Kier molecular flexibility index (Phi) is 4.61. The van der Waals surface area contributed by atoms with Crippen LogP contribution in [0.5, 0.6) is 0 Å². The summed E-state index contributed by atoms with van der Waals surface area (Å²) in [6, 6.07) is 8.54. The summed E-state index contributed by atoms with van der Waals surface area (Å²) in [5, 5.41) is 1.01. The number of benzene rings is 1. The van der Waals surface area contributed by atoms with Crippen molar-refractivity contribution in [3.63, 3.8) is 0 Å². The summed E-state index contributed by atoms with van der Waals surface area (Å²) < 4.78 is 2.02. The van der Waals surface area contributed by atoms with Crippen molar-refractivity contribution in [1.82, 2.24) is 14.5 Å². The van der Waals surface area contributed by atoms with Crippen LogP contribution in [0.2, 0.25) is 0 Å². The maximum atomic E-state index is 13.2. The van der Waals surface area contributed by atoms with E-state index in [4.69, 9.17) is 0 Å². The van der Waals surface area contributed by atoms with E-state index < -0.39 is 0 Å². The molecule has 1 saturated heterocycles. The molecule has 1 aromatic heterocycles. The number of nitrogens with zero attached hydrogens (tertiary/aromatic N) is 3. The minimum atomic E-state index is 0.199. The molecule has 2 fully saturated rings. The number of hydrogen-bond acceptors (Lipinski definition) is 3. The van der Waals surface area contributed by atoms with Crippen molar-refractivity contribution in [3.8, 4) is 0 Å². The van der Waals surface area contributed by atoms with Gasteiger partial charge in [-0.2, -0.15) is 0 Å². The van der Waals surface area contributed by atoms with Gasteiger partial charge < -0.3 is 9.47 Å². The van der Waals surface area contributed by atoms with Gasteiger partial charge in [0.1, 0.15) is 0 Å². The van der Waals surface area contributed by atoms with Gasteiger partial charge in [-0.15, -0.1) is 0 Å². The Balaban J connectivity index is 1.43. The molecule has 2 heterocycles. The number of aromatic nitrogens is 2. The van der Waals surface area contributed by atoms with E-state index in [2.05, 4.69) is 42.8 Å². The molecular weight excluding hydrogens is 354 g/mol. The van der Waals surface area contributed by atoms with Crippen LogP contribution in [0.25, 0.3) is 0 Å². The van der Waals surface area contributed by atoms with Crippen LogP contribution < -0.4 is 0 Å². The first-order chi connectivity index (χ1) is 12.7. The summed E-state index contributed by atoms with van der Waals surface area (Å²) in [6.07, 6.45) is 7.26. The summed E-state index contributed by atoms with van der Waals surface area (Å²) in [6.45, 7) is 7.95. The van der Waals surface area contributed by atoms with Gasteiger partial charge in [-0.3, -0.25) is 4.79 Å². The third kappa shape index (κ3) is 3.79. The van der Waals surface area contributed by atoms with E-state index in [9.17, 15) is 4.79 Å². The van der Waals surface area contributed by atoms with Crippen LogP contribution in [0.1, 0.15) is 56.0 Å². The van der Waals surface area contributed by atoms with E-state index in [0.717, 1.165) is 35.9 Å². The maximum Gasteiger partial charge on any atom is 0.254 e. The van der Waals surface area contributed by atoms with Gasteiger partial charge >= 0.3 is 0 Å². The molecule has 144 valence electrons. The second-order valence-electron chi connectivity index (χ2n) is 9.45. The molecule has 4 rings (SSSR count). The Morgan fingerprint density at radius 2 is 1.96 bits per heavy atom. The normalized spacial score (nSPS) is 26.4. The molecule has 1 aliphatic heterocycles. The smallest absolute Gasteiger partial charge is 0.254 e. The van der Waals surface area contributed by atoms with Gasteiger partial charge in [0.2, 0.25) is 0 Å². The van der Waals surface area contributed by atoms with Crippen molar-refractivity contribution < 1.29 is 4.79 Å². The number of imidazole rings is 1. The first-order valence-electron chi connectivity index (χ1n) is 9.75. The molecule has 1 aromatic carbocycles. The average molecular weight is 384 g/mol. The number of aryl methyl sites for hydroxylation is 1. The molecule has 0 spiro atoms. The third-order valence-electron chi connectivity index (χ3n) is 6.02. The minimum Gasteiger partial charge on any atom is -0.335 e. The zero-order valence-electron chi connectivity index (χ0n) is 16.7. The molecule has 2 unspecified atom stereocenters. The fraction of sp³-hybridized carbons (Fsp3) is 0.545. The molecule has 2 atom stereocenters. The summed E-state index contributed by atoms with van der Waals surface area (Å²) >= 11 is 1.71. The number of carbonyl (C=O) groups is 1. The fourth-order valence-corrected chi connectivity index (χ4v) is 6.13. The minimum absolute atomic E-state index is 0.199. The summed E-state index contributed by atoms with van der Waals surface area (Å²) in [5.74, 6) is 1.06. The van der Waals surface area contributed by atoms with Crippen LogP contribution in [0, 0.1) is 10.8 Å². The molecule has 2 bridgehead atoms. The maximum absolute atomic E-state index is 13.2. The van der Waals surface area contributed by atoms with Crippen molar-refractivity contribution >= 4 is 17.7 Å². The first-order valence-corrected chi connectivity index (χ1v) is 10.7. The highest BCUT2D eigenvalue weighted by Gasteiger charge is 2.50. The Morgan fingerprint density at radius 3 is 2.63 bits per heavy atom. The zero-order valence-corrected chi connectivity index (χ0v) is 17.6. The van der Waals surface area contributed by atoms with Gasteiger partial charge in [0, 0.05) is 43.3 Å². The lowest BCUT2D eigenvalue weighted by molar-refractivity contribution is 0.0708. The van der Waals surface area contributed by atoms with Gasteiger partial charge in [-0.1, -0.05) is 44.7 Å². The zero-order chi connectivity index (χ0) is 19.2. The summed E-state index contributed by atoms with van der Waals surface area (Å²) in [4.78, 5) is 19.6. The van der Waals surface area contributed by atoms with E-state index in [1.165, 1.54) is 12.0 Å². The molecule has 1 amide bonds. The number of likely N-dealkylation sites (tertiary alicyclic amines) is 1. The highest BCUT2D eigenvalue weighted by molar-refractivity contribution is 7.98. The van der Waals surface area contributed by atoms with E-state index >= 15 is 0 Å². The van der Waals surface area contributed by atoms with E-state index in [1.807, 2.05) is 36.1 Å². The fourth-order valence-electron chi connectivity index (χ4n) is 5.25. The monoisotopic (exact) mass is 383 g/mol. The topological polar surface area (TPSA) is 38.1 Å². The molecule has 2 aromatic rings. The Bertz CT molecular complexity index is 841. The lowest BCUT2D eigenvalue weighted by Gasteiger charge is -2.39. The van der Waals surface area contributed by atoms with Gasteiger partial charge in [0.15, 0.2) is 5.16 Å². The molecule has 5 heteroatoms. The molecule has 1 aliphatic carbocycles. The van der Waals surface area contributed by atoms with Gasteiger partial charge in [0.25, 0.3) is 5.91 Å². The predicted molar refractivity (Wildman–Crippen MR) is 110 cm³/mol. The molecule has 27 heavy (non-hydrogen) atoms. The summed E-state index contributed by atoms with van der Waals surface area (Å²) in [5.41, 5.74) is 2.64. The molecular formula is C22H29N3OS. The van der Waals surface area contributed by atoms with Crippen molar-refractivity contribution in [3.05, 3.63) is 47.8 Å². The Hall–Kier alpha value is -1.75. The van der Waals surface area contributed by atoms with Gasteiger partial charge in [0.05, 0.1) is 0 Å². The van der Waals surface area contributed by atoms with Crippen molar-refractivity contribution in [2.75, 3.05) is 6.54 Å². The second kappa shape index (κ2) is 6.69. The van der Waals surface area contributed by atoms with Crippen LogP contribution >= 0.6 is 11.8 Å². The SMILES string of the molecule is Cn1ccnc1SCc1ccc(C(=O)N2CC3(C)CC2CC(C)(C)C3)cc1. The van der Waals surface area contributed by atoms with Gasteiger partial charge in [-0.05, 0) is 47.8 Å². The third-order valence-corrected chi connectivity index (χ3v) is 7.15. The largest absolute Gasteiger partial charge is 0.335 e. The Morgan fingerprint density at radius 1 is 1.22 bits per heavy atom. The summed E-state index contributed by atoms with van der Waals surface area (Å²) in [7, 11) is 2.01. The van der Waals surface area contributed by atoms with Crippen LogP contribution in [0.15, 0.2) is 41.8 Å². The lowest BCUT2D eigenvalue weighted by Crippen LogP contribution is -2.37. The number of amides is 1. The van der Waals surface area contributed by atoms with Crippen molar-refractivity contribution in [2.45, 2.75) is 57.0 Å². The van der Waals surface area contributed by atoms with E-state index in [1.54, 1.807) is 11.8 Å². The first kappa shape index (κ1) is 18.6. The molecule has 4 nitrogen and oxygen atoms in total. The molecule has 0 N–H and O–H groups in total. The highest BCUT2D eigenvalue weighted by Crippen LogP contribution is 2.52. The number of rotatable bonds is 4. The number of hydrogen-bond donors (Lipinski definition) is 0. The van der Waals surface area contributed by atoms with Gasteiger partial charge in [-0.25, -0.2) is 4.98 Å². The van der Waals surface area contributed by atoms with Crippen LogP contribution in [-0.2, 0) is 12.8 Å². The number of carbonyl (C=O) groups excluding carboxylic acids is 1. The second-order valence-corrected chi connectivity index (χ2v) is 10.4. The number of fused-ring (bicyclic) bond motifs is 2. The predicted octanol–water partition coefficient (Wildman–Crippen LogP) is 4.75. The molecule has 2 aliphatic rings. The van der Waals surface area contributed by atoms with Crippen LogP contribution in [0.4, 0.5) is 0 Å². The number of thioether (sulfide) groups is 1. The Labute approximate surface area is 166 Å². The van der Waals surface area contributed by atoms with Crippen molar-refractivity contribution in [2.24, 2.45) is 17.9 Å². The van der Waals surface area contributed by atoms with E-state index in [-0.39, 0.29) is 11.3 Å². The quantitative estimate of drug-likeness (QED) is 0.715. The van der Waals surface area contributed by atoms with Crippen LogP contribution in [-0.4, -0.2) is 32.9 Å². The molecule has 1 saturated carbocycles. The standard InChI is InChI=1S/C22H29N3OS/c1-21(2)11-18-12-22(3,14-21)15-25(18)19(26)17-7-5-16(6-8-17)13-27-20-23-9-10-24(20)4/h5-10,18H,11-15H2,1-4H3. The van der Waals surface area contributed by atoms with Crippen molar-refractivity contribution in [1.29, 1.82) is 0 Å².